The minimum Gasteiger partial charge on any atom is -0.504 e. The number of rotatable bonds is 3. The van der Waals surface area contributed by atoms with Crippen LogP contribution in [0.25, 0.3) is 0 Å². The number of ketones is 1. The van der Waals surface area contributed by atoms with Gasteiger partial charge in [0.05, 0.1) is 30.4 Å². The van der Waals surface area contributed by atoms with Crippen molar-refractivity contribution in [3.8, 4) is 17.6 Å². The maximum atomic E-state index is 15.1. The van der Waals surface area contributed by atoms with Crippen LogP contribution in [-0.4, -0.2) is 41.4 Å². The molecular weight excluding hydrogens is 569 g/mol. The molecule has 0 amide bonds. The number of ether oxygens (including phenoxy) is 1. The van der Waals surface area contributed by atoms with Crippen molar-refractivity contribution in [3.05, 3.63) is 74.9 Å². The van der Waals surface area contributed by atoms with E-state index in [9.17, 15) is 15.2 Å². The molecule has 0 saturated heterocycles. The molecule has 2 aromatic rings. The van der Waals surface area contributed by atoms with Crippen LogP contribution in [-0.2, 0) is 4.79 Å². The average molecular weight is 605 g/mol. The number of aliphatic hydroxyl groups excluding tert-OH is 2. The number of aromatic hydroxyl groups is 1. The summed E-state index contributed by atoms with van der Waals surface area (Å²) in [5.41, 5.74) is 7.90. The van der Waals surface area contributed by atoms with Crippen molar-refractivity contribution < 1.29 is 29.2 Å². The Morgan fingerprint density at radius 3 is 2.31 bits per heavy atom. The van der Waals surface area contributed by atoms with Crippen molar-refractivity contribution in [2.24, 2.45) is 11.1 Å². The number of benzene rings is 2. The number of methoxy groups -OCH3 is 1. The Morgan fingerprint density at radius 1 is 1.18 bits per heavy atom. The second-order valence-electron chi connectivity index (χ2n) is 9.64. The van der Waals surface area contributed by atoms with Gasteiger partial charge in [-0.3, -0.25) is 9.69 Å². The Morgan fingerprint density at radius 2 is 1.79 bits per heavy atom. The number of carbonyl (C=O) groups is 1. The van der Waals surface area contributed by atoms with Crippen molar-refractivity contribution in [1.29, 1.82) is 5.26 Å². The van der Waals surface area contributed by atoms with Gasteiger partial charge in [-0.1, -0.05) is 35.8 Å². The first kappa shape index (κ1) is 31.8. The SMILES string of the molecule is CCO.CCO.COc1ccc(C2C(C#N)=C(N)N(c3ccc(Br)cc3F)C3=C2C(=O)CC(C)(C)C3)cc1O. The van der Waals surface area contributed by atoms with Crippen LogP contribution < -0.4 is 15.4 Å². The minimum atomic E-state index is -0.778. The number of aliphatic hydroxyl groups is 2. The number of phenols is 1. The molecule has 5 N–H and O–H groups in total. The molecule has 2 aliphatic rings. The molecule has 0 aromatic heterocycles. The number of nitriles is 1. The van der Waals surface area contributed by atoms with Gasteiger partial charge in [0.25, 0.3) is 0 Å². The summed E-state index contributed by atoms with van der Waals surface area (Å²) in [6.07, 6.45) is 0.737. The third kappa shape index (κ3) is 6.98. The van der Waals surface area contributed by atoms with Crippen LogP contribution in [0.3, 0.4) is 0 Å². The van der Waals surface area contributed by atoms with E-state index in [4.69, 9.17) is 20.7 Å². The van der Waals surface area contributed by atoms with Crippen LogP contribution in [0.15, 0.2) is 63.5 Å². The molecule has 0 radical (unpaired) electrons. The first-order chi connectivity index (χ1) is 18.4. The number of anilines is 1. The van der Waals surface area contributed by atoms with Crippen molar-refractivity contribution in [2.45, 2.75) is 46.5 Å². The first-order valence-corrected chi connectivity index (χ1v) is 13.2. The fourth-order valence-electron chi connectivity index (χ4n) is 4.67. The van der Waals surface area contributed by atoms with Crippen molar-refractivity contribution in [2.75, 3.05) is 25.2 Å². The fraction of sp³-hybridized carbons (Fsp3) is 0.379. The van der Waals surface area contributed by atoms with Crippen molar-refractivity contribution >= 4 is 27.4 Å². The van der Waals surface area contributed by atoms with E-state index in [-0.39, 0.29) is 59.4 Å². The molecule has 10 heteroatoms. The second-order valence-corrected chi connectivity index (χ2v) is 10.6. The van der Waals surface area contributed by atoms with Gasteiger partial charge < -0.3 is 25.8 Å². The lowest BCUT2D eigenvalue weighted by Gasteiger charge is -2.43. The predicted molar refractivity (Wildman–Crippen MR) is 151 cm³/mol. The van der Waals surface area contributed by atoms with Gasteiger partial charge >= 0.3 is 0 Å². The normalized spacial score (nSPS) is 17.8. The third-order valence-electron chi connectivity index (χ3n) is 6.07. The highest BCUT2D eigenvalue weighted by Gasteiger charge is 2.45. The molecule has 4 rings (SSSR count). The zero-order valence-corrected chi connectivity index (χ0v) is 24.3. The van der Waals surface area contributed by atoms with Gasteiger partial charge in [0.15, 0.2) is 17.3 Å². The fourth-order valence-corrected chi connectivity index (χ4v) is 5.00. The number of allylic oxidation sites excluding steroid dienone is 3. The molecule has 0 spiro atoms. The number of hydrogen-bond donors (Lipinski definition) is 4. The van der Waals surface area contributed by atoms with Gasteiger partial charge in [0.1, 0.15) is 11.6 Å². The average Bonchev–Trinajstić information content (AvgIpc) is 2.84. The molecule has 0 saturated carbocycles. The van der Waals surface area contributed by atoms with Gasteiger partial charge in [-0.15, -0.1) is 0 Å². The summed E-state index contributed by atoms with van der Waals surface area (Å²) in [4.78, 5) is 15.0. The molecule has 1 aliphatic heterocycles. The smallest absolute Gasteiger partial charge is 0.162 e. The number of nitrogens with two attached hydrogens (primary N) is 1. The van der Waals surface area contributed by atoms with Gasteiger partial charge in [0, 0.05) is 35.4 Å². The van der Waals surface area contributed by atoms with Crippen molar-refractivity contribution in [3.63, 3.8) is 0 Å². The maximum absolute atomic E-state index is 15.1. The topological polar surface area (TPSA) is 140 Å². The van der Waals surface area contributed by atoms with Crippen LogP contribution in [0, 0.1) is 22.6 Å². The zero-order chi connectivity index (χ0) is 29.5. The van der Waals surface area contributed by atoms with Crippen LogP contribution in [0.2, 0.25) is 0 Å². The summed E-state index contributed by atoms with van der Waals surface area (Å²) in [7, 11) is 1.44. The molecule has 0 fully saturated rings. The highest BCUT2D eigenvalue weighted by Crippen LogP contribution is 2.51. The summed E-state index contributed by atoms with van der Waals surface area (Å²) >= 11 is 3.26. The summed E-state index contributed by atoms with van der Waals surface area (Å²) in [5, 5.41) is 35.6. The van der Waals surface area contributed by atoms with E-state index in [0.29, 0.717) is 27.7 Å². The number of Topliss-reactive ketones (excluding diaryl/α,β-unsaturated/α-hetero) is 1. The van der Waals surface area contributed by atoms with Crippen LogP contribution in [0.4, 0.5) is 10.1 Å². The Kier molecular flexibility index (Phi) is 11.1. The molecule has 2 aromatic carbocycles. The second kappa shape index (κ2) is 13.6. The molecule has 1 atom stereocenters. The van der Waals surface area contributed by atoms with Crippen LogP contribution in [0.1, 0.15) is 52.0 Å². The summed E-state index contributed by atoms with van der Waals surface area (Å²) in [6.45, 7) is 7.80. The Hall–Kier alpha value is -3.39. The third-order valence-corrected chi connectivity index (χ3v) is 6.56. The number of carbonyl (C=O) groups excluding carboxylic acids is 1. The molecular formula is C29H35BrFN3O5. The lowest BCUT2D eigenvalue weighted by Crippen LogP contribution is -2.42. The number of hydrogen-bond acceptors (Lipinski definition) is 8. The predicted octanol–water partition coefficient (Wildman–Crippen LogP) is 5.24. The lowest BCUT2D eigenvalue weighted by molar-refractivity contribution is -0.118. The van der Waals surface area contributed by atoms with Gasteiger partial charge in [-0.05, 0) is 61.6 Å². The molecule has 210 valence electrons. The molecule has 8 nitrogen and oxygen atoms in total. The Labute approximate surface area is 236 Å². The van der Waals surface area contributed by atoms with E-state index < -0.39 is 11.7 Å². The summed E-state index contributed by atoms with van der Waals surface area (Å²) in [5.74, 6) is -1.23. The highest BCUT2D eigenvalue weighted by molar-refractivity contribution is 9.10. The van der Waals surface area contributed by atoms with E-state index in [1.165, 1.54) is 24.1 Å². The van der Waals surface area contributed by atoms with Crippen LogP contribution >= 0.6 is 15.9 Å². The zero-order valence-electron chi connectivity index (χ0n) is 22.8. The molecule has 1 heterocycles. The quantitative estimate of drug-likeness (QED) is 0.373. The number of nitrogens with zero attached hydrogens (tertiary/aromatic N) is 2. The highest BCUT2D eigenvalue weighted by atomic mass is 79.9. The molecule has 1 unspecified atom stereocenters. The lowest BCUT2D eigenvalue weighted by atomic mass is 9.68. The standard InChI is InChI=1S/C25H23BrFN3O3.2C2H6O/c1-25(2)10-18-23(20(32)11-25)22(13-4-7-21(33-3)19(31)8-13)15(12-28)24(29)30(18)17-6-5-14(26)9-16(17)27;2*1-2-3/h4-9,22,31H,10-11,29H2,1-3H3;2*3H,2H2,1H3. The number of phenolic OH excluding ortho intramolecular Hbond substituents is 1. The largest absolute Gasteiger partial charge is 0.504 e. The van der Waals surface area contributed by atoms with E-state index in [0.717, 1.165) is 0 Å². The van der Waals surface area contributed by atoms with Gasteiger partial charge in [0.2, 0.25) is 0 Å². The van der Waals surface area contributed by atoms with E-state index in [1.807, 2.05) is 13.8 Å². The van der Waals surface area contributed by atoms with Crippen molar-refractivity contribution in [1.82, 2.24) is 0 Å². The monoisotopic (exact) mass is 603 g/mol. The van der Waals surface area contributed by atoms with E-state index in [1.54, 1.807) is 38.1 Å². The van der Waals surface area contributed by atoms with E-state index in [2.05, 4.69) is 22.0 Å². The summed E-state index contributed by atoms with van der Waals surface area (Å²) in [6, 6.07) is 11.5. The number of halogens is 2. The maximum Gasteiger partial charge on any atom is 0.162 e. The van der Waals surface area contributed by atoms with Gasteiger partial charge in [-0.25, -0.2) is 4.39 Å². The molecule has 1 aliphatic carbocycles. The Balaban J connectivity index is 0.000000815. The molecule has 0 bridgehead atoms. The van der Waals surface area contributed by atoms with E-state index >= 15 is 4.39 Å². The molecule has 39 heavy (non-hydrogen) atoms. The van der Waals surface area contributed by atoms with Crippen LogP contribution in [0.5, 0.6) is 11.5 Å². The summed E-state index contributed by atoms with van der Waals surface area (Å²) < 4.78 is 20.7. The Bertz CT molecular complexity index is 1310. The first-order valence-electron chi connectivity index (χ1n) is 12.4. The minimum absolute atomic E-state index is 0.0586. The van der Waals surface area contributed by atoms with Gasteiger partial charge in [-0.2, -0.15) is 5.26 Å².